The minimum absolute atomic E-state index is 0.0197. The minimum atomic E-state index is -0.733. The van der Waals surface area contributed by atoms with Crippen LogP contribution in [0.1, 0.15) is 23.7 Å². The van der Waals surface area contributed by atoms with Crippen molar-refractivity contribution in [3.63, 3.8) is 0 Å². The Morgan fingerprint density at radius 3 is 2.46 bits per heavy atom. The molecule has 148 valence electrons. The number of methoxy groups -OCH3 is 2. The summed E-state index contributed by atoms with van der Waals surface area (Å²) in [6, 6.07) is 4.73. The Hall–Kier alpha value is -3.06. The first-order chi connectivity index (χ1) is 13.4. The van der Waals surface area contributed by atoms with Crippen LogP contribution in [0.2, 0.25) is 5.02 Å². The highest BCUT2D eigenvalue weighted by Crippen LogP contribution is 2.29. The van der Waals surface area contributed by atoms with Gasteiger partial charge in [-0.1, -0.05) is 24.6 Å². The van der Waals surface area contributed by atoms with E-state index in [0.717, 1.165) is 6.42 Å². The Balaban J connectivity index is 2.59. The van der Waals surface area contributed by atoms with Crippen LogP contribution in [0.25, 0.3) is 0 Å². The number of nitrogens with one attached hydrogen (secondary N) is 1. The molecule has 0 bridgehead atoms. The number of allylic oxidation sites excluding steroid dienone is 2. The van der Waals surface area contributed by atoms with Gasteiger partial charge in [-0.3, -0.25) is 4.79 Å². The van der Waals surface area contributed by atoms with Gasteiger partial charge in [-0.15, -0.1) is 0 Å². The predicted molar refractivity (Wildman–Crippen MR) is 106 cm³/mol. The van der Waals surface area contributed by atoms with E-state index in [2.05, 4.69) is 5.32 Å². The highest BCUT2D eigenvalue weighted by molar-refractivity contribution is 6.34. The maximum Gasteiger partial charge on any atom is 0.355 e. The molecule has 0 unspecified atom stereocenters. The van der Waals surface area contributed by atoms with Crippen molar-refractivity contribution in [3.05, 3.63) is 64.5 Å². The molecule has 0 aliphatic carbocycles. The zero-order valence-electron chi connectivity index (χ0n) is 15.8. The third-order valence-corrected chi connectivity index (χ3v) is 4.23. The fourth-order valence-corrected chi connectivity index (χ4v) is 2.74. The maximum atomic E-state index is 12.5. The fraction of sp³-hybridized carbons (Fsp3) is 0.250. The summed E-state index contributed by atoms with van der Waals surface area (Å²) < 4.78 is 9.64. The first-order valence-electron chi connectivity index (χ1n) is 8.57. The molecule has 8 heteroatoms. The van der Waals surface area contributed by atoms with Crippen molar-refractivity contribution < 1.29 is 23.9 Å². The Labute approximate surface area is 168 Å². The average Bonchev–Trinajstić information content (AvgIpc) is 2.94. The Morgan fingerprint density at radius 1 is 1.11 bits per heavy atom. The molecule has 0 radical (unpaired) electrons. The van der Waals surface area contributed by atoms with E-state index in [1.54, 1.807) is 36.6 Å². The van der Waals surface area contributed by atoms with Gasteiger partial charge in [0.1, 0.15) is 5.70 Å². The van der Waals surface area contributed by atoms with Crippen LogP contribution in [0.3, 0.4) is 0 Å². The van der Waals surface area contributed by atoms with Gasteiger partial charge in [0.2, 0.25) is 0 Å². The van der Waals surface area contributed by atoms with E-state index < -0.39 is 11.9 Å². The second-order valence-corrected chi connectivity index (χ2v) is 6.14. The second-order valence-electron chi connectivity index (χ2n) is 5.74. The molecule has 1 heterocycles. The SMILES string of the molecule is CCCNC(=O)c1cc(N2C=CC=CC(C(=O)OC)=C2C(=O)OC)ccc1Cl. The van der Waals surface area contributed by atoms with E-state index in [-0.39, 0.29) is 27.8 Å². The van der Waals surface area contributed by atoms with Crippen LogP contribution in [-0.4, -0.2) is 38.6 Å². The van der Waals surface area contributed by atoms with E-state index in [4.69, 9.17) is 21.1 Å². The van der Waals surface area contributed by atoms with E-state index in [1.807, 2.05) is 6.92 Å². The van der Waals surface area contributed by atoms with Gasteiger partial charge in [-0.2, -0.15) is 0 Å². The summed E-state index contributed by atoms with van der Waals surface area (Å²) in [5, 5.41) is 3.03. The van der Waals surface area contributed by atoms with Crippen LogP contribution >= 0.6 is 11.6 Å². The summed E-state index contributed by atoms with van der Waals surface area (Å²) in [5.74, 6) is -1.76. The normalized spacial score (nSPS) is 13.2. The van der Waals surface area contributed by atoms with Crippen molar-refractivity contribution in [3.8, 4) is 0 Å². The number of esters is 2. The van der Waals surface area contributed by atoms with Crippen molar-refractivity contribution >= 4 is 35.1 Å². The molecule has 0 fully saturated rings. The lowest BCUT2D eigenvalue weighted by molar-refractivity contribution is -0.139. The molecular formula is C20H21ClN2O5. The lowest BCUT2D eigenvalue weighted by atomic mass is 10.1. The molecule has 0 atom stereocenters. The number of halogens is 1. The molecule has 1 aliphatic rings. The molecule has 1 aromatic carbocycles. The third kappa shape index (κ3) is 4.61. The predicted octanol–water partition coefficient (Wildman–Crippen LogP) is 2.97. The van der Waals surface area contributed by atoms with Crippen molar-refractivity contribution in [2.24, 2.45) is 0 Å². The molecule has 0 saturated heterocycles. The molecule has 0 aromatic heterocycles. The lowest BCUT2D eigenvalue weighted by Crippen LogP contribution is -2.28. The number of benzene rings is 1. The molecule has 1 aliphatic heterocycles. The average molecular weight is 405 g/mol. The summed E-state index contributed by atoms with van der Waals surface area (Å²) in [7, 11) is 2.44. The number of carbonyl (C=O) groups is 3. The van der Waals surface area contributed by atoms with Gasteiger partial charge >= 0.3 is 11.9 Å². The van der Waals surface area contributed by atoms with Crippen molar-refractivity contribution in [2.75, 3.05) is 25.7 Å². The first-order valence-corrected chi connectivity index (χ1v) is 8.95. The number of carbonyl (C=O) groups excluding carboxylic acids is 3. The third-order valence-electron chi connectivity index (χ3n) is 3.90. The van der Waals surface area contributed by atoms with Crippen LogP contribution in [-0.2, 0) is 19.1 Å². The molecule has 1 amide bonds. The van der Waals surface area contributed by atoms with E-state index >= 15 is 0 Å². The summed E-state index contributed by atoms with van der Waals surface area (Å²) >= 11 is 6.18. The van der Waals surface area contributed by atoms with Crippen molar-refractivity contribution in [1.82, 2.24) is 5.32 Å². The molecule has 0 spiro atoms. The van der Waals surface area contributed by atoms with Gasteiger partial charge in [0.15, 0.2) is 0 Å². The van der Waals surface area contributed by atoms with Gasteiger partial charge in [0.05, 0.1) is 30.4 Å². The summed E-state index contributed by atoms with van der Waals surface area (Å²) in [4.78, 5) is 38.5. The number of ether oxygens (including phenoxy) is 2. The van der Waals surface area contributed by atoms with E-state index in [9.17, 15) is 14.4 Å². The van der Waals surface area contributed by atoms with Gasteiger partial charge in [0.25, 0.3) is 5.91 Å². The molecule has 2 rings (SSSR count). The van der Waals surface area contributed by atoms with Crippen LogP contribution < -0.4 is 10.2 Å². The summed E-state index contributed by atoms with van der Waals surface area (Å²) in [6.45, 7) is 2.45. The van der Waals surface area contributed by atoms with E-state index in [0.29, 0.717) is 12.2 Å². The van der Waals surface area contributed by atoms with Gasteiger partial charge in [-0.25, -0.2) is 9.59 Å². The maximum absolute atomic E-state index is 12.5. The zero-order valence-corrected chi connectivity index (χ0v) is 16.6. The number of hydrogen-bond donors (Lipinski definition) is 1. The molecule has 28 heavy (non-hydrogen) atoms. The largest absolute Gasteiger partial charge is 0.465 e. The topological polar surface area (TPSA) is 84.9 Å². The Bertz CT molecular complexity index is 873. The smallest absolute Gasteiger partial charge is 0.355 e. The van der Waals surface area contributed by atoms with Crippen LogP contribution in [0.15, 0.2) is 53.9 Å². The quantitative estimate of drug-likeness (QED) is 0.734. The number of rotatable bonds is 6. The molecular weight excluding hydrogens is 384 g/mol. The molecule has 1 N–H and O–H groups in total. The van der Waals surface area contributed by atoms with Gasteiger partial charge in [-0.05, 0) is 36.8 Å². The highest BCUT2D eigenvalue weighted by atomic mass is 35.5. The zero-order chi connectivity index (χ0) is 20.7. The fourth-order valence-electron chi connectivity index (χ4n) is 2.54. The molecule has 0 saturated carbocycles. The number of nitrogens with zero attached hydrogens (tertiary/aromatic N) is 1. The van der Waals surface area contributed by atoms with E-state index in [1.165, 1.54) is 25.2 Å². The minimum Gasteiger partial charge on any atom is -0.465 e. The van der Waals surface area contributed by atoms with Gasteiger partial charge < -0.3 is 19.7 Å². The van der Waals surface area contributed by atoms with Crippen molar-refractivity contribution in [1.29, 1.82) is 0 Å². The van der Waals surface area contributed by atoms with Crippen LogP contribution in [0.4, 0.5) is 5.69 Å². The second kappa shape index (κ2) is 9.75. The van der Waals surface area contributed by atoms with Gasteiger partial charge in [0, 0.05) is 18.4 Å². The van der Waals surface area contributed by atoms with Crippen LogP contribution in [0, 0.1) is 0 Å². The Kier molecular flexibility index (Phi) is 7.40. The number of anilines is 1. The molecule has 1 aromatic rings. The summed E-state index contributed by atoms with van der Waals surface area (Å²) in [6.07, 6.45) is 7.06. The monoisotopic (exact) mass is 404 g/mol. The van der Waals surface area contributed by atoms with Crippen LogP contribution in [0.5, 0.6) is 0 Å². The highest BCUT2D eigenvalue weighted by Gasteiger charge is 2.28. The summed E-state index contributed by atoms with van der Waals surface area (Å²) in [5.41, 5.74) is 0.683. The lowest BCUT2D eigenvalue weighted by Gasteiger charge is -2.23. The number of hydrogen-bond acceptors (Lipinski definition) is 6. The Morgan fingerprint density at radius 2 is 1.82 bits per heavy atom. The molecule has 7 nitrogen and oxygen atoms in total. The van der Waals surface area contributed by atoms with Crippen molar-refractivity contribution in [2.45, 2.75) is 13.3 Å². The first kappa shape index (κ1) is 21.2. The standard InChI is InChI=1S/C20H21ClN2O5/c1-4-10-22-18(24)15-12-13(8-9-16(15)21)23-11-6-5-7-14(19(25)27-2)17(23)20(26)28-3/h5-9,11-12H,4,10H2,1-3H3,(H,22,24). The number of amides is 1.